The van der Waals surface area contributed by atoms with Crippen molar-refractivity contribution in [3.63, 3.8) is 0 Å². The van der Waals surface area contributed by atoms with Crippen molar-refractivity contribution in [3.05, 3.63) is 35.4 Å². The van der Waals surface area contributed by atoms with Crippen LogP contribution in [0.1, 0.15) is 50.0 Å². The molecule has 0 amide bonds. The average molecular weight is 259 g/mol. The van der Waals surface area contributed by atoms with Gasteiger partial charge in [0.25, 0.3) is 0 Å². The number of ketones is 1. The highest BCUT2D eigenvalue weighted by atomic mass is 16.1. The number of carbonyl (C=O) groups excluding carboxylic acids is 1. The van der Waals surface area contributed by atoms with E-state index in [9.17, 15) is 4.79 Å². The summed E-state index contributed by atoms with van der Waals surface area (Å²) in [7, 11) is 0. The van der Waals surface area contributed by atoms with Crippen LogP contribution in [-0.4, -0.2) is 29.3 Å². The van der Waals surface area contributed by atoms with E-state index in [1.807, 2.05) is 18.2 Å². The van der Waals surface area contributed by atoms with Crippen molar-refractivity contribution in [2.45, 2.75) is 52.6 Å². The smallest absolute Gasteiger partial charge is 0.166 e. The highest BCUT2D eigenvalue weighted by Crippen LogP contribution is 2.29. The highest BCUT2D eigenvalue weighted by Gasteiger charge is 2.30. The minimum absolute atomic E-state index is 0.192. The van der Waals surface area contributed by atoms with E-state index in [1.165, 1.54) is 5.56 Å². The molecule has 1 aromatic carbocycles. The van der Waals surface area contributed by atoms with Gasteiger partial charge in [0.15, 0.2) is 5.78 Å². The number of Topliss-reactive ketones (excluding diaryl/α,β-unsaturated/α-hetero) is 1. The molecule has 0 unspecified atom stereocenters. The SMILES string of the molecule is CC(C)N(CC[C@@H]1Cc2ccccc2C1=O)C(C)C. The van der Waals surface area contributed by atoms with Gasteiger partial charge in [-0.05, 0) is 52.6 Å². The van der Waals surface area contributed by atoms with Gasteiger partial charge in [0.1, 0.15) is 0 Å². The summed E-state index contributed by atoms with van der Waals surface area (Å²) < 4.78 is 0. The molecular weight excluding hydrogens is 234 g/mol. The van der Waals surface area contributed by atoms with E-state index >= 15 is 0 Å². The van der Waals surface area contributed by atoms with Crippen molar-refractivity contribution in [3.8, 4) is 0 Å². The van der Waals surface area contributed by atoms with Crippen LogP contribution < -0.4 is 0 Å². The largest absolute Gasteiger partial charge is 0.299 e. The number of rotatable bonds is 5. The van der Waals surface area contributed by atoms with Crippen molar-refractivity contribution in [1.29, 1.82) is 0 Å². The Morgan fingerprint density at radius 2 is 1.79 bits per heavy atom. The number of hydrogen-bond acceptors (Lipinski definition) is 2. The van der Waals surface area contributed by atoms with E-state index < -0.39 is 0 Å². The van der Waals surface area contributed by atoms with E-state index in [2.05, 4.69) is 38.7 Å². The van der Waals surface area contributed by atoms with Crippen LogP contribution in [0.25, 0.3) is 0 Å². The number of nitrogens with zero attached hydrogens (tertiary/aromatic N) is 1. The molecule has 0 aromatic heterocycles. The highest BCUT2D eigenvalue weighted by molar-refractivity contribution is 6.02. The third kappa shape index (κ3) is 3.06. The van der Waals surface area contributed by atoms with E-state index in [0.29, 0.717) is 17.9 Å². The van der Waals surface area contributed by atoms with Gasteiger partial charge in [0, 0.05) is 23.6 Å². The van der Waals surface area contributed by atoms with Crippen LogP contribution in [0.2, 0.25) is 0 Å². The van der Waals surface area contributed by atoms with Gasteiger partial charge >= 0.3 is 0 Å². The predicted octanol–water partition coefficient (Wildman–Crippen LogP) is 3.55. The van der Waals surface area contributed by atoms with Crippen LogP contribution in [0.15, 0.2) is 24.3 Å². The first kappa shape index (κ1) is 14.3. The molecule has 2 rings (SSSR count). The van der Waals surface area contributed by atoms with Crippen LogP contribution in [0, 0.1) is 5.92 Å². The average Bonchev–Trinajstić information content (AvgIpc) is 2.66. The molecule has 2 heteroatoms. The lowest BCUT2D eigenvalue weighted by atomic mass is 10.00. The van der Waals surface area contributed by atoms with Crippen molar-refractivity contribution < 1.29 is 4.79 Å². The van der Waals surface area contributed by atoms with Crippen LogP contribution in [0.3, 0.4) is 0 Å². The van der Waals surface area contributed by atoms with Gasteiger partial charge in [0.05, 0.1) is 0 Å². The maximum atomic E-state index is 12.3. The molecule has 1 atom stereocenters. The molecular formula is C17H25NO. The third-order valence-electron chi connectivity index (χ3n) is 4.18. The molecule has 0 spiro atoms. The summed E-state index contributed by atoms with van der Waals surface area (Å²) in [6, 6.07) is 9.14. The fourth-order valence-electron chi connectivity index (χ4n) is 3.17. The Kier molecular flexibility index (Phi) is 4.41. The number of carbonyl (C=O) groups is 1. The Labute approximate surface area is 116 Å². The summed E-state index contributed by atoms with van der Waals surface area (Å²) in [5.74, 6) is 0.542. The summed E-state index contributed by atoms with van der Waals surface area (Å²) >= 11 is 0. The molecule has 1 aliphatic carbocycles. The van der Waals surface area contributed by atoms with Gasteiger partial charge in [-0.25, -0.2) is 0 Å². The summed E-state index contributed by atoms with van der Waals surface area (Å²) in [4.78, 5) is 14.8. The number of hydrogen-bond donors (Lipinski definition) is 0. The Morgan fingerprint density at radius 3 is 2.37 bits per heavy atom. The van der Waals surface area contributed by atoms with E-state index in [0.717, 1.165) is 24.9 Å². The molecule has 1 aliphatic rings. The molecule has 0 fully saturated rings. The Morgan fingerprint density at radius 1 is 1.16 bits per heavy atom. The normalized spacial score (nSPS) is 18.7. The van der Waals surface area contributed by atoms with Gasteiger partial charge in [0.2, 0.25) is 0 Å². The maximum Gasteiger partial charge on any atom is 0.166 e. The second-order valence-electron chi connectivity index (χ2n) is 6.14. The zero-order valence-corrected chi connectivity index (χ0v) is 12.5. The summed E-state index contributed by atoms with van der Waals surface area (Å²) in [6.07, 6.45) is 1.91. The number of fused-ring (bicyclic) bond motifs is 1. The van der Waals surface area contributed by atoms with Gasteiger partial charge in [-0.1, -0.05) is 24.3 Å². The molecule has 19 heavy (non-hydrogen) atoms. The van der Waals surface area contributed by atoms with Gasteiger partial charge in [-0.2, -0.15) is 0 Å². The van der Waals surface area contributed by atoms with E-state index in [1.54, 1.807) is 0 Å². The minimum atomic E-state index is 0.192. The van der Waals surface area contributed by atoms with Crippen LogP contribution in [0.5, 0.6) is 0 Å². The van der Waals surface area contributed by atoms with E-state index in [-0.39, 0.29) is 5.92 Å². The summed E-state index contributed by atoms with van der Waals surface area (Å²) in [6.45, 7) is 9.92. The van der Waals surface area contributed by atoms with Gasteiger partial charge in [-0.3, -0.25) is 9.69 Å². The first-order chi connectivity index (χ1) is 9.00. The monoisotopic (exact) mass is 259 g/mol. The Balaban J connectivity index is 1.98. The molecule has 0 N–H and O–H groups in total. The molecule has 0 radical (unpaired) electrons. The van der Waals surface area contributed by atoms with Gasteiger partial charge in [-0.15, -0.1) is 0 Å². The first-order valence-corrected chi connectivity index (χ1v) is 7.38. The lowest BCUT2D eigenvalue weighted by molar-refractivity contribution is 0.0905. The third-order valence-corrected chi connectivity index (χ3v) is 4.18. The van der Waals surface area contributed by atoms with Crippen molar-refractivity contribution in [2.75, 3.05) is 6.54 Å². The summed E-state index contributed by atoms with van der Waals surface area (Å²) in [5.41, 5.74) is 2.19. The first-order valence-electron chi connectivity index (χ1n) is 7.38. The summed E-state index contributed by atoms with van der Waals surface area (Å²) in [5, 5.41) is 0. The van der Waals surface area contributed by atoms with Crippen molar-refractivity contribution in [2.24, 2.45) is 5.92 Å². The molecule has 1 aromatic rings. The second-order valence-corrected chi connectivity index (χ2v) is 6.14. The Hall–Kier alpha value is -1.15. The van der Waals surface area contributed by atoms with Crippen molar-refractivity contribution in [1.82, 2.24) is 4.90 Å². The fraction of sp³-hybridized carbons (Fsp3) is 0.588. The lowest BCUT2D eigenvalue weighted by Crippen LogP contribution is -2.38. The molecule has 0 heterocycles. The molecule has 0 saturated carbocycles. The molecule has 104 valence electrons. The van der Waals surface area contributed by atoms with Crippen molar-refractivity contribution >= 4 is 5.78 Å². The van der Waals surface area contributed by atoms with Crippen LogP contribution in [0.4, 0.5) is 0 Å². The van der Waals surface area contributed by atoms with E-state index in [4.69, 9.17) is 0 Å². The lowest BCUT2D eigenvalue weighted by Gasteiger charge is -2.31. The zero-order chi connectivity index (χ0) is 14.0. The Bertz CT molecular complexity index is 442. The zero-order valence-electron chi connectivity index (χ0n) is 12.5. The molecule has 0 saturated heterocycles. The molecule has 0 aliphatic heterocycles. The van der Waals surface area contributed by atoms with Crippen LogP contribution in [-0.2, 0) is 6.42 Å². The quantitative estimate of drug-likeness (QED) is 0.806. The molecule has 2 nitrogen and oxygen atoms in total. The topological polar surface area (TPSA) is 20.3 Å². The second kappa shape index (κ2) is 5.87. The van der Waals surface area contributed by atoms with Crippen LogP contribution >= 0.6 is 0 Å². The van der Waals surface area contributed by atoms with Gasteiger partial charge < -0.3 is 0 Å². The minimum Gasteiger partial charge on any atom is -0.299 e. The number of benzene rings is 1. The molecule has 0 bridgehead atoms. The maximum absolute atomic E-state index is 12.3. The fourth-order valence-corrected chi connectivity index (χ4v) is 3.17. The predicted molar refractivity (Wildman–Crippen MR) is 79.6 cm³/mol. The standard InChI is InChI=1S/C17H25NO/c1-12(2)18(13(3)4)10-9-15-11-14-7-5-6-8-16(14)17(15)19/h5-8,12-13,15H,9-11H2,1-4H3/t15-/m1/s1.